The van der Waals surface area contributed by atoms with E-state index in [9.17, 15) is 0 Å². The number of hydrogen-bond acceptors (Lipinski definition) is 6. The van der Waals surface area contributed by atoms with E-state index in [2.05, 4.69) is 6.08 Å². The van der Waals surface area contributed by atoms with Gasteiger partial charge in [0.1, 0.15) is 26.5 Å². The van der Waals surface area contributed by atoms with Crippen molar-refractivity contribution in [1.29, 1.82) is 0 Å². The van der Waals surface area contributed by atoms with Gasteiger partial charge in [0.15, 0.2) is 0 Å². The summed E-state index contributed by atoms with van der Waals surface area (Å²) in [6.45, 7) is 7.89. The van der Waals surface area contributed by atoms with Crippen LogP contribution in [0.2, 0.25) is 0 Å². The van der Waals surface area contributed by atoms with E-state index in [-0.39, 0.29) is 36.4 Å². The fourth-order valence-corrected chi connectivity index (χ4v) is 1.18. The number of carbonyl (C=O) groups is 3. The number of ether oxygens (including phenoxy) is 1. The summed E-state index contributed by atoms with van der Waals surface area (Å²) in [4.78, 5) is 24.0. The van der Waals surface area contributed by atoms with Crippen LogP contribution in [0.1, 0.15) is 13.3 Å². The van der Waals surface area contributed by atoms with Gasteiger partial charge >= 0.3 is 0 Å². The first-order valence-electron chi connectivity index (χ1n) is 5.36. The van der Waals surface area contributed by atoms with Crippen molar-refractivity contribution in [2.45, 2.75) is 25.6 Å². The number of carbonyl (C=O) groups excluding carboxylic acids is 3. The van der Waals surface area contributed by atoms with Gasteiger partial charge in [-0.2, -0.15) is 0 Å². The Hall–Kier alpha value is -1.11. The molecule has 0 spiro atoms. The van der Waals surface area contributed by atoms with Crippen molar-refractivity contribution in [2.24, 2.45) is 0 Å². The van der Waals surface area contributed by atoms with Crippen LogP contribution < -0.4 is 0 Å². The molecule has 20 heavy (non-hydrogen) atoms. The Kier molecular flexibility index (Phi) is 31.4. The van der Waals surface area contributed by atoms with Gasteiger partial charge in [-0.15, -0.1) is 0 Å². The van der Waals surface area contributed by atoms with Gasteiger partial charge in [-0.1, -0.05) is 18.2 Å². The minimum absolute atomic E-state index is 0. The van der Waals surface area contributed by atoms with Crippen LogP contribution in [0.25, 0.3) is 0 Å². The van der Waals surface area contributed by atoms with Crippen LogP contribution in [0.3, 0.4) is 0 Å². The summed E-state index contributed by atoms with van der Waals surface area (Å²) >= 11 is 0. The Morgan fingerprint density at radius 2 is 1.75 bits per heavy atom. The zero-order valence-corrected chi connectivity index (χ0v) is 12.7. The quantitative estimate of drug-likeness (QED) is 0.693. The number of aliphatic hydroxyl groups is 2. The van der Waals surface area contributed by atoms with Crippen LogP contribution in [0.4, 0.5) is 0 Å². The Morgan fingerprint density at radius 1 is 1.25 bits per heavy atom. The van der Waals surface area contributed by atoms with Crippen LogP contribution in [0.5, 0.6) is 0 Å². The van der Waals surface area contributed by atoms with Crippen molar-refractivity contribution >= 4 is 20.4 Å². The molecule has 0 saturated heterocycles. The van der Waals surface area contributed by atoms with Gasteiger partial charge in [0.25, 0.3) is 0 Å². The minimum atomic E-state index is -0.766. The fourth-order valence-electron chi connectivity index (χ4n) is 1.18. The summed E-state index contributed by atoms with van der Waals surface area (Å²) in [7, 11) is 0. The molecule has 0 aromatic rings. The molecule has 0 aromatic carbocycles. The molecule has 1 radical (unpaired) electrons. The molecule has 0 aromatic heterocycles. The second kappa shape index (κ2) is 23.0. The number of allylic oxidation sites excluding steroid dienone is 3. The van der Waals surface area contributed by atoms with Gasteiger partial charge in [0.2, 0.25) is 0 Å². The summed E-state index contributed by atoms with van der Waals surface area (Å²) < 4.78 is 5.36. The largest absolute Gasteiger partial charge is 0.394 e. The van der Waals surface area contributed by atoms with Crippen LogP contribution in [0, 0.1) is 0 Å². The second-order valence-electron chi connectivity index (χ2n) is 3.19. The van der Waals surface area contributed by atoms with E-state index in [1.165, 1.54) is 5.57 Å². The predicted octanol–water partition coefficient (Wildman–Crippen LogP) is 0.0738. The summed E-state index contributed by atoms with van der Waals surface area (Å²) in [6.07, 6.45) is 6.27. The van der Waals surface area contributed by atoms with Crippen molar-refractivity contribution in [3.05, 3.63) is 23.8 Å². The first-order valence-corrected chi connectivity index (χ1v) is 5.36. The Morgan fingerprint density at radius 3 is 2.10 bits per heavy atom. The van der Waals surface area contributed by atoms with Crippen molar-refractivity contribution in [2.75, 3.05) is 13.2 Å². The minimum Gasteiger partial charge on any atom is -0.394 e. The molecule has 1 aliphatic carbocycles. The van der Waals surface area contributed by atoms with E-state index < -0.39 is 6.10 Å². The molecule has 6 nitrogen and oxygen atoms in total. The van der Waals surface area contributed by atoms with Crippen molar-refractivity contribution in [1.82, 2.24) is 0 Å². The zero-order valence-electron chi connectivity index (χ0n) is 11.5. The monoisotopic (exact) mass is 329 g/mol. The molecule has 0 aliphatic heterocycles. The third-order valence-corrected chi connectivity index (χ3v) is 2.07. The van der Waals surface area contributed by atoms with Crippen molar-refractivity contribution < 1.29 is 46.4 Å². The second-order valence-corrected chi connectivity index (χ2v) is 3.19. The molecule has 1 rings (SSSR count). The van der Waals surface area contributed by atoms with Gasteiger partial charge in [-0.05, 0) is 18.9 Å². The third kappa shape index (κ3) is 14.9. The first kappa shape index (κ1) is 27.3. The molecule has 1 aliphatic rings. The van der Waals surface area contributed by atoms with E-state index in [0.717, 1.165) is 6.42 Å². The molecule has 7 heteroatoms. The van der Waals surface area contributed by atoms with Gasteiger partial charge in [-0.25, -0.2) is 0 Å². The van der Waals surface area contributed by atoms with E-state index in [1.54, 1.807) is 0 Å². The molecule has 0 fully saturated rings. The van der Waals surface area contributed by atoms with Gasteiger partial charge < -0.3 is 29.3 Å². The van der Waals surface area contributed by atoms with Crippen LogP contribution >= 0.6 is 0 Å². The normalized spacial score (nSPS) is 13.7. The molecule has 0 saturated carbocycles. The molecule has 0 heterocycles. The number of aliphatic hydroxyl groups excluding tert-OH is 2. The van der Waals surface area contributed by atoms with Crippen molar-refractivity contribution in [3.63, 3.8) is 0 Å². The maximum atomic E-state index is 9.04. The Labute approximate surface area is 130 Å². The maximum absolute atomic E-state index is 9.04. The van der Waals surface area contributed by atoms with Gasteiger partial charge in [0.05, 0.1) is 19.3 Å². The summed E-state index contributed by atoms with van der Waals surface area (Å²) in [5, 5.41) is 17.6. The summed E-state index contributed by atoms with van der Waals surface area (Å²) in [5.74, 6) is 0. The van der Waals surface area contributed by atoms with E-state index in [1.807, 2.05) is 39.4 Å². The predicted molar refractivity (Wildman–Crippen MR) is 71.7 cm³/mol. The standard InChI is InChI=1S/C10H16O3.3CH2O.Mn/c1-8(9-4-2-3-5-9)13-7-10(12)6-11;3*1-2;/h2-4,8,10-12H,5-7H2,1H3;3*1H2;. The Balaban J connectivity index is -0.000000162. The molecular formula is C13H22MnO6. The van der Waals surface area contributed by atoms with E-state index >= 15 is 0 Å². The molecule has 2 unspecified atom stereocenters. The van der Waals surface area contributed by atoms with Crippen LogP contribution in [0.15, 0.2) is 23.8 Å². The average Bonchev–Trinajstić information content (AvgIpc) is 3.05. The van der Waals surface area contributed by atoms with Crippen LogP contribution in [-0.4, -0.2) is 56.0 Å². The number of hydrogen-bond donors (Lipinski definition) is 2. The molecule has 0 amide bonds. The van der Waals surface area contributed by atoms with E-state index in [4.69, 9.17) is 29.3 Å². The molecule has 0 bridgehead atoms. The zero-order chi connectivity index (χ0) is 15.7. The topological polar surface area (TPSA) is 101 Å². The third-order valence-electron chi connectivity index (χ3n) is 2.07. The fraction of sp³-hybridized carbons (Fsp3) is 0.462. The Bertz CT molecular complexity index is 252. The molecule has 117 valence electrons. The maximum Gasteiger partial charge on any atom is 0.106 e. The smallest absolute Gasteiger partial charge is 0.106 e. The average molecular weight is 329 g/mol. The first-order chi connectivity index (χ1) is 9.24. The SMILES string of the molecule is C=O.C=O.C=O.CC(OCC(O)CO)C1=CC=CC1.[Mn]. The number of rotatable bonds is 5. The van der Waals surface area contributed by atoms with Gasteiger partial charge in [0, 0.05) is 17.1 Å². The summed E-state index contributed by atoms with van der Waals surface area (Å²) in [5.41, 5.74) is 1.21. The van der Waals surface area contributed by atoms with E-state index in [0.29, 0.717) is 0 Å². The summed E-state index contributed by atoms with van der Waals surface area (Å²) in [6, 6.07) is 0. The molecule has 2 N–H and O–H groups in total. The van der Waals surface area contributed by atoms with Crippen molar-refractivity contribution in [3.8, 4) is 0 Å². The van der Waals surface area contributed by atoms with Gasteiger partial charge in [-0.3, -0.25) is 0 Å². The van der Waals surface area contributed by atoms with Crippen LogP contribution in [-0.2, 0) is 36.2 Å². The molecule has 2 atom stereocenters. The molecular weight excluding hydrogens is 307 g/mol.